The summed E-state index contributed by atoms with van der Waals surface area (Å²) >= 11 is 0. The molecule has 3 rings (SSSR count). The highest BCUT2D eigenvalue weighted by molar-refractivity contribution is 5.67. The molecular weight excluding hydrogens is 394 g/mol. The molecule has 1 unspecified atom stereocenters. The summed E-state index contributed by atoms with van der Waals surface area (Å²) in [6, 6.07) is 7.75. The lowest BCUT2D eigenvalue weighted by molar-refractivity contribution is 0.108. The average Bonchev–Trinajstić information content (AvgIpc) is 2.80. The van der Waals surface area contributed by atoms with Crippen molar-refractivity contribution in [3.63, 3.8) is 0 Å². The standard InChI is InChI=1S/C23H35N5O3/c1-5-27(6-2)22-17(3)23(28-10-12-30-13-11-28)26-21(25-22)18-8-7-9-20(14-18)31-16-19(29)15-24-4/h7-9,14,19,24,29H,5-6,10-13,15-16H2,1-4H3. The monoisotopic (exact) mass is 429 g/mol. The summed E-state index contributed by atoms with van der Waals surface area (Å²) in [7, 11) is 1.80. The lowest BCUT2D eigenvalue weighted by atomic mass is 10.1. The quantitative estimate of drug-likeness (QED) is 0.594. The zero-order valence-electron chi connectivity index (χ0n) is 19.1. The number of hydrogen-bond acceptors (Lipinski definition) is 8. The molecule has 0 spiro atoms. The van der Waals surface area contributed by atoms with E-state index in [0.717, 1.165) is 48.9 Å². The van der Waals surface area contributed by atoms with Gasteiger partial charge in [-0.15, -0.1) is 0 Å². The van der Waals surface area contributed by atoms with E-state index in [9.17, 15) is 5.11 Å². The third kappa shape index (κ3) is 5.84. The SMILES string of the molecule is CCN(CC)c1nc(-c2cccc(OCC(O)CNC)c2)nc(N2CCOCC2)c1C. The normalized spacial score (nSPS) is 15.1. The largest absolute Gasteiger partial charge is 0.491 e. The second-order valence-electron chi connectivity index (χ2n) is 7.64. The fourth-order valence-corrected chi connectivity index (χ4v) is 3.75. The van der Waals surface area contributed by atoms with Crippen LogP contribution in [0, 0.1) is 6.92 Å². The average molecular weight is 430 g/mol. The van der Waals surface area contributed by atoms with E-state index in [2.05, 4.69) is 35.9 Å². The predicted octanol–water partition coefficient (Wildman–Crippen LogP) is 2.09. The van der Waals surface area contributed by atoms with E-state index in [1.807, 2.05) is 24.3 Å². The van der Waals surface area contributed by atoms with E-state index in [4.69, 9.17) is 19.4 Å². The number of ether oxygens (including phenoxy) is 2. The van der Waals surface area contributed by atoms with Crippen molar-refractivity contribution in [3.8, 4) is 17.1 Å². The van der Waals surface area contributed by atoms with Gasteiger partial charge < -0.3 is 29.7 Å². The summed E-state index contributed by atoms with van der Waals surface area (Å²) in [6.45, 7) is 11.9. The third-order valence-corrected chi connectivity index (χ3v) is 5.44. The van der Waals surface area contributed by atoms with Gasteiger partial charge in [-0.1, -0.05) is 12.1 Å². The Morgan fingerprint density at radius 2 is 1.97 bits per heavy atom. The number of aliphatic hydroxyl groups excluding tert-OH is 1. The van der Waals surface area contributed by atoms with Crippen LogP contribution in [0.15, 0.2) is 24.3 Å². The van der Waals surface area contributed by atoms with Gasteiger partial charge in [0.2, 0.25) is 0 Å². The predicted molar refractivity (Wildman–Crippen MR) is 124 cm³/mol. The number of rotatable bonds is 10. The lowest BCUT2D eigenvalue weighted by Crippen LogP contribution is -2.38. The molecule has 8 nitrogen and oxygen atoms in total. The first kappa shape index (κ1) is 23.2. The molecule has 0 radical (unpaired) electrons. The zero-order valence-corrected chi connectivity index (χ0v) is 19.1. The molecule has 2 heterocycles. The van der Waals surface area contributed by atoms with Gasteiger partial charge in [0.15, 0.2) is 5.82 Å². The maximum Gasteiger partial charge on any atom is 0.164 e. The number of likely N-dealkylation sites (N-methyl/N-ethyl adjacent to an activating group) is 1. The van der Waals surface area contributed by atoms with Crippen molar-refractivity contribution in [3.05, 3.63) is 29.8 Å². The van der Waals surface area contributed by atoms with Crippen LogP contribution in [0.25, 0.3) is 11.4 Å². The highest BCUT2D eigenvalue weighted by Crippen LogP contribution is 2.31. The van der Waals surface area contributed by atoms with Crippen LogP contribution < -0.4 is 19.9 Å². The molecule has 1 saturated heterocycles. The van der Waals surface area contributed by atoms with E-state index in [1.165, 1.54) is 0 Å². The molecule has 170 valence electrons. The van der Waals surface area contributed by atoms with Gasteiger partial charge in [-0.05, 0) is 40.0 Å². The van der Waals surface area contributed by atoms with Crippen LogP contribution in [-0.4, -0.2) is 80.8 Å². The van der Waals surface area contributed by atoms with Gasteiger partial charge in [0.1, 0.15) is 30.1 Å². The number of nitrogens with one attached hydrogen (secondary N) is 1. The van der Waals surface area contributed by atoms with Crippen LogP contribution >= 0.6 is 0 Å². The van der Waals surface area contributed by atoms with Gasteiger partial charge in [0.05, 0.1) is 13.2 Å². The van der Waals surface area contributed by atoms with Gasteiger partial charge >= 0.3 is 0 Å². The minimum atomic E-state index is -0.563. The first-order chi connectivity index (χ1) is 15.1. The Balaban J connectivity index is 1.96. The second-order valence-corrected chi connectivity index (χ2v) is 7.64. The van der Waals surface area contributed by atoms with Crippen LogP contribution in [-0.2, 0) is 4.74 Å². The number of benzene rings is 1. The number of aliphatic hydroxyl groups is 1. The van der Waals surface area contributed by atoms with Crippen LogP contribution in [0.1, 0.15) is 19.4 Å². The van der Waals surface area contributed by atoms with E-state index in [-0.39, 0.29) is 6.61 Å². The van der Waals surface area contributed by atoms with Crippen molar-refractivity contribution >= 4 is 11.6 Å². The minimum Gasteiger partial charge on any atom is -0.491 e. The van der Waals surface area contributed by atoms with Crippen molar-refractivity contribution in [2.24, 2.45) is 0 Å². The molecule has 1 aliphatic heterocycles. The molecule has 0 aliphatic carbocycles. The number of hydrogen-bond donors (Lipinski definition) is 2. The summed E-state index contributed by atoms with van der Waals surface area (Å²) < 4.78 is 11.3. The summed E-state index contributed by atoms with van der Waals surface area (Å²) in [4.78, 5) is 14.5. The number of aromatic nitrogens is 2. The van der Waals surface area contributed by atoms with E-state index < -0.39 is 6.10 Å². The van der Waals surface area contributed by atoms with E-state index in [0.29, 0.717) is 31.3 Å². The van der Waals surface area contributed by atoms with Crippen LogP contribution in [0.2, 0.25) is 0 Å². The van der Waals surface area contributed by atoms with Gasteiger partial charge in [-0.25, -0.2) is 9.97 Å². The van der Waals surface area contributed by atoms with Crippen molar-refractivity contribution < 1.29 is 14.6 Å². The van der Waals surface area contributed by atoms with Gasteiger partial charge in [-0.3, -0.25) is 0 Å². The van der Waals surface area contributed by atoms with Gasteiger partial charge in [-0.2, -0.15) is 0 Å². The molecule has 31 heavy (non-hydrogen) atoms. The van der Waals surface area contributed by atoms with Gasteiger partial charge in [0.25, 0.3) is 0 Å². The molecule has 1 aliphatic rings. The summed E-state index contributed by atoms with van der Waals surface area (Å²) in [6.07, 6.45) is -0.563. The van der Waals surface area contributed by atoms with Crippen molar-refractivity contribution in [2.45, 2.75) is 26.9 Å². The van der Waals surface area contributed by atoms with E-state index in [1.54, 1.807) is 7.05 Å². The topological polar surface area (TPSA) is 83.0 Å². The first-order valence-corrected chi connectivity index (χ1v) is 11.1. The minimum absolute atomic E-state index is 0.225. The molecule has 0 amide bonds. The molecular formula is C23H35N5O3. The van der Waals surface area contributed by atoms with Crippen molar-refractivity contribution in [1.82, 2.24) is 15.3 Å². The highest BCUT2D eigenvalue weighted by Gasteiger charge is 2.21. The third-order valence-electron chi connectivity index (χ3n) is 5.44. The Labute approximate surface area is 185 Å². The molecule has 0 saturated carbocycles. The van der Waals surface area contributed by atoms with Gasteiger partial charge in [0, 0.05) is 43.9 Å². The second kappa shape index (κ2) is 11.3. The smallest absolute Gasteiger partial charge is 0.164 e. The number of morpholine rings is 1. The van der Waals surface area contributed by atoms with Crippen LogP contribution in [0.3, 0.4) is 0 Å². The molecule has 8 heteroatoms. The Bertz CT molecular complexity index is 838. The fraction of sp³-hybridized carbons (Fsp3) is 0.565. The molecule has 0 bridgehead atoms. The summed E-state index contributed by atoms with van der Waals surface area (Å²) in [5.74, 6) is 3.29. The maximum atomic E-state index is 9.93. The molecule has 2 N–H and O–H groups in total. The van der Waals surface area contributed by atoms with Crippen LogP contribution in [0.4, 0.5) is 11.6 Å². The lowest BCUT2D eigenvalue weighted by Gasteiger charge is -2.31. The van der Waals surface area contributed by atoms with Crippen molar-refractivity contribution in [1.29, 1.82) is 0 Å². The molecule has 1 aromatic carbocycles. The van der Waals surface area contributed by atoms with E-state index >= 15 is 0 Å². The Hall–Kier alpha value is -2.42. The fourth-order valence-electron chi connectivity index (χ4n) is 3.75. The Morgan fingerprint density at radius 3 is 2.65 bits per heavy atom. The Morgan fingerprint density at radius 1 is 1.23 bits per heavy atom. The number of nitrogens with zero attached hydrogens (tertiary/aromatic N) is 4. The first-order valence-electron chi connectivity index (χ1n) is 11.1. The molecule has 1 aromatic heterocycles. The zero-order chi connectivity index (χ0) is 22.2. The maximum absolute atomic E-state index is 9.93. The highest BCUT2D eigenvalue weighted by atomic mass is 16.5. The van der Waals surface area contributed by atoms with Crippen LogP contribution in [0.5, 0.6) is 5.75 Å². The number of anilines is 2. The Kier molecular flexibility index (Phi) is 8.45. The summed E-state index contributed by atoms with van der Waals surface area (Å²) in [5, 5.41) is 12.9. The molecule has 1 fully saturated rings. The van der Waals surface area contributed by atoms with Crippen molar-refractivity contribution in [2.75, 3.05) is 69.4 Å². The molecule has 2 aromatic rings. The molecule has 1 atom stereocenters. The summed E-state index contributed by atoms with van der Waals surface area (Å²) in [5.41, 5.74) is 1.99.